The molecule has 0 bridgehead atoms. The number of methoxy groups -OCH3 is 2. The number of hydrogen-bond acceptors (Lipinski definition) is 6. The lowest BCUT2D eigenvalue weighted by atomic mass is 10.2. The molecular weight excluding hydrogens is 374 g/mol. The summed E-state index contributed by atoms with van der Waals surface area (Å²) in [6, 6.07) is 12.4. The lowest BCUT2D eigenvalue weighted by Gasteiger charge is -2.11. The number of anilines is 1. The van der Waals surface area contributed by atoms with Crippen molar-refractivity contribution in [1.29, 1.82) is 0 Å². The van der Waals surface area contributed by atoms with Gasteiger partial charge >= 0.3 is 0 Å². The summed E-state index contributed by atoms with van der Waals surface area (Å²) in [5, 5.41) is 6.67. The predicted octanol–water partition coefficient (Wildman–Crippen LogP) is 2.91. The molecule has 8 heteroatoms. The van der Waals surface area contributed by atoms with Crippen molar-refractivity contribution in [2.24, 2.45) is 5.10 Å². The molecule has 0 aromatic heterocycles. The lowest BCUT2D eigenvalue weighted by Crippen LogP contribution is -2.26. The van der Waals surface area contributed by atoms with E-state index in [1.165, 1.54) is 7.11 Å². The zero-order valence-corrected chi connectivity index (χ0v) is 16.9. The van der Waals surface area contributed by atoms with Crippen molar-refractivity contribution in [3.8, 4) is 17.2 Å². The summed E-state index contributed by atoms with van der Waals surface area (Å²) < 4.78 is 15.7. The zero-order chi connectivity index (χ0) is 21.2. The van der Waals surface area contributed by atoms with Gasteiger partial charge in [-0.3, -0.25) is 9.59 Å². The molecule has 2 amide bonds. The number of hydrazone groups is 1. The third-order valence-electron chi connectivity index (χ3n) is 3.86. The number of carbonyl (C=O) groups excluding carboxylic acids is 2. The van der Waals surface area contributed by atoms with Gasteiger partial charge in [0.25, 0.3) is 5.91 Å². The Labute approximate surface area is 169 Å². The zero-order valence-electron chi connectivity index (χ0n) is 16.9. The van der Waals surface area contributed by atoms with E-state index in [9.17, 15) is 9.59 Å². The number of hydrogen-bond donors (Lipinski definition) is 2. The van der Waals surface area contributed by atoms with E-state index in [1.54, 1.807) is 44.4 Å². The first-order valence-electron chi connectivity index (χ1n) is 8.94. The van der Waals surface area contributed by atoms with Gasteiger partial charge < -0.3 is 19.5 Å². The second-order valence-corrected chi connectivity index (χ2v) is 6.27. The molecule has 2 N–H and O–H groups in total. The molecule has 0 atom stereocenters. The van der Waals surface area contributed by atoms with E-state index in [2.05, 4.69) is 15.8 Å². The van der Waals surface area contributed by atoms with Crippen molar-refractivity contribution in [2.75, 3.05) is 26.1 Å². The van der Waals surface area contributed by atoms with Gasteiger partial charge in [0.15, 0.2) is 6.61 Å². The molecule has 8 nitrogen and oxygen atoms in total. The standard InChI is InChI=1S/C21H25N3O5/c1-14-5-7-16(8-6-14)29-13-21(26)24-23-15(2)11-20(25)22-18-10-9-17(27-3)12-19(18)28-4/h5-10,12H,11,13H2,1-4H3,(H,22,25)(H,24,26)/b23-15-. The molecule has 0 radical (unpaired) electrons. The molecule has 2 aromatic carbocycles. The predicted molar refractivity (Wildman–Crippen MR) is 111 cm³/mol. The van der Waals surface area contributed by atoms with Crippen molar-refractivity contribution in [3.63, 3.8) is 0 Å². The van der Waals surface area contributed by atoms with Gasteiger partial charge in [0.2, 0.25) is 5.91 Å². The maximum Gasteiger partial charge on any atom is 0.277 e. The van der Waals surface area contributed by atoms with Crippen LogP contribution < -0.4 is 25.0 Å². The summed E-state index contributed by atoms with van der Waals surface area (Å²) in [5.41, 5.74) is 4.44. The second kappa shape index (κ2) is 10.7. The highest BCUT2D eigenvalue weighted by molar-refractivity contribution is 6.06. The number of ether oxygens (including phenoxy) is 3. The van der Waals surface area contributed by atoms with Gasteiger partial charge in [-0.15, -0.1) is 0 Å². The number of amides is 2. The molecule has 0 aliphatic heterocycles. The highest BCUT2D eigenvalue weighted by Gasteiger charge is 2.10. The van der Waals surface area contributed by atoms with Crippen LogP contribution in [0.2, 0.25) is 0 Å². The van der Waals surface area contributed by atoms with Crippen LogP contribution in [0.3, 0.4) is 0 Å². The van der Waals surface area contributed by atoms with Crippen LogP contribution in [0.4, 0.5) is 5.69 Å². The van der Waals surface area contributed by atoms with E-state index in [1.807, 2.05) is 19.1 Å². The van der Waals surface area contributed by atoms with E-state index >= 15 is 0 Å². The molecule has 0 aliphatic carbocycles. The summed E-state index contributed by atoms with van der Waals surface area (Å²) in [6.45, 7) is 3.44. The topological polar surface area (TPSA) is 98.2 Å². The molecular formula is C21H25N3O5. The summed E-state index contributed by atoms with van der Waals surface area (Å²) in [7, 11) is 3.05. The Bertz CT molecular complexity index is 878. The fourth-order valence-corrected chi connectivity index (χ4v) is 2.34. The Morgan fingerprint density at radius 2 is 1.66 bits per heavy atom. The summed E-state index contributed by atoms with van der Waals surface area (Å²) in [5.74, 6) is 0.989. The Morgan fingerprint density at radius 1 is 0.966 bits per heavy atom. The fourth-order valence-electron chi connectivity index (χ4n) is 2.34. The molecule has 0 fully saturated rings. The van der Waals surface area contributed by atoms with Crippen molar-refractivity contribution in [2.45, 2.75) is 20.3 Å². The molecule has 29 heavy (non-hydrogen) atoms. The van der Waals surface area contributed by atoms with Gasteiger partial charge in [0.05, 0.1) is 26.3 Å². The van der Waals surface area contributed by atoms with Gasteiger partial charge in [-0.1, -0.05) is 17.7 Å². The number of benzene rings is 2. The quantitative estimate of drug-likeness (QED) is 0.499. The molecule has 0 saturated carbocycles. The number of carbonyl (C=O) groups is 2. The maximum absolute atomic E-state index is 12.2. The number of nitrogens with one attached hydrogen (secondary N) is 2. The smallest absolute Gasteiger partial charge is 0.277 e. The highest BCUT2D eigenvalue weighted by atomic mass is 16.5. The average Bonchev–Trinajstić information content (AvgIpc) is 2.72. The largest absolute Gasteiger partial charge is 0.497 e. The van der Waals surface area contributed by atoms with Crippen molar-refractivity contribution < 1.29 is 23.8 Å². The van der Waals surface area contributed by atoms with Crippen molar-refractivity contribution in [1.82, 2.24) is 5.43 Å². The van der Waals surface area contributed by atoms with Crippen molar-refractivity contribution in [3.05, 3.63) is 48.0 Å². The van der Waals surface area contributed by atoms with Crippen LogP contribution in [-0.2, 0) is 9.59 Å². The van der Waals surface area contributed by atoms with Crippen LogP contribution in [0.1, 0.15) is 18.9 Å². The van der Waals surface area contributed by atoms with Crippen LogP contribution in [0.25, 0.3) is 0 Å². The van der Waals surface area contributed by atoms with Gasteiger partial charge in [-0.2, -0.15) is 5.10 Å². The van der Waals surface area contributed by atoms with E-state index in [-0.39, 0.29) is 18.9 Å². The molecule has 0 spiro atoms. The number of rotatable bonds is 9. The molecule has 154 valence electrons. The normalized spacial score (nSPS) is 10.8. The fraction of sp³-hybridized carbons (Fsp3) is 0.286. The van der Waals surface area contributed by atoms with Crippen LogP contribution in [0.5, 0.6) is 17.2 Å². The third kappa shape index (κ3) is 7.17. The molecule has 0 heterocycles. The van der Waals surface area contributed by atoms with Crippen LogP contribution in [-0.4, -0.2) is 38.4 Å². The Balaban J connectivity index is 1.81. The van der Waals surface area contributed by atoms with Gasteiger partial charge in [-0.25, -0.2) is 5.43 Å². The second-order valence-electron chi connectivity index (χ2n) is 6.27. The Kier molecular flexibility index (Phi) is 8.02. The summed E-state index contributed by atoms with van der Waals surface area (Å²) in [6.07, 6.45) is 0.00822. The van der Waals surface area contributed by atoms with E-state index in [0.29, 0.717) is 28.6 Å². The van der Waals surface area contributed by atoms with Gasteiger partial charge in [0, 0.05) is 11.8 Å². The number of aryl methyl sites for hydroxylation is 1. The highest BCUT2D eigenvalue weighted by Crippen LogP contribution is 2.29. The van der Waals surface area contributed by atoms with Gasteiger partial charge in [-0.05, 0) is 38.1 Å². The van der Waals surface area contributed by atoms with E-state index < -0.39 is 5.91 Å². The monoisotopic (exact) mass is 399 g/mol. The third-order valence-corrected chi connectivity index (χ3v) is 3.86. The maximum atomic E-state index is 12.2. The van der Waals surface area contributed by atoms with E-state index in [4.69, 9.17) is 14.2 Å². The van der Waals surface area contributed by atoms with E-state index in [0.717, 1.165) is 5.56 Å². The van der Waals surface area contributed by atoms with Crippen molar-refractivity contribution >= 4 is 23.2 Å². The average molecular weight is 399 g/mol. The summed E-state index contributed by atoms with van der Waals surface area (Å²) >= 11 is 0. The first kappa shape index (κ1) is 21.7. The minimum atomic E-state index is -0.415. The molecule has 2 aromatic rings. The van der Waals surface area contributed by atoms with Gasteiger partial charge in [0.1, 0.15) is 17.2 Å². The molecule has 0 unspecified atom stereocenters. The first-order chi connectivity index (χ1) is 13.9. The molecule has 2 rings (SSSR count). The van der Waals surface area contributed by atoms with Crippen LogP contribution in [0, 0.1) is 6.92 Å². The Hall–Kier alpha value is -3.55. The summed E-state index contributed by atoms with van der Waals surface area (Å²) in [4.78, 5) is 24.0. The Morgan fingerprint density at radius 3 is 2.31 bits per heavy atom. The first-order valence-corrected chi connectivity index (χ1v) is 8.94. The lowest BCUT2D eigenvalue weighted by molar-refractivity contribution is -0.123. The SMILES string of the molecule is COc1ccc(NC(=O)C/C(C)=N\NC(=O)COc2ccc(C)cc2)c(OC)c1. The number of nitrogens with zero attached hydrogens (tertiary/aromatic N) is 1. The minimum absolute atomic E-state index is 0.00822. The molecule has 0 saturated heterocycles. The molecule has 0 aliphatic rings. The van der Waals surface area contributed by atoms with Crippen LogP contribution >= 0.6 is 0 Å². The van der Waals surface area contributed by atoms with Crippen LogP contribution in [0.15, 0.2) is 47.6 Å². The minimum Gasteiger partial charge on any atom is -0.497 e.